The number of carbonyl (C=O) groups excluding carboxylic acids is 2. The summed E-state index contributed by atoms with van der Waals surface area (Å²) in [5, 5.41) is 3.38. The van der Waals surface area contributed by atoms with Crippen molar-refractivity contribution in [2.75, 3.05) is 33.3 Å². The number of ketones is 1. The maximum Gasteiger partial charge on any atom is 0.222 e. The molecular formula is C20H30N2O3. The third-order valence-electron chi connectivity index (χ3n) is 4.86. The first-order valence-corrected chi connectivity index (χ1v) is 9.29. The average Bonchev–Trinajstić information content (AvgIpc) is 2.66. The minimum atomic E-state index is 0.0831. The van der Waals surface area contributed by atoms with Crippen molar-refractivity contribution < 1.29 is 14.3 Å². The van der Waals surface area contributed by atoms with E-state index in [1.165, 1.54) is 0 Å². The zero-order chi connectivity index (χ0) is 18.1. The van der Waals surface area contributed by atoms with Crippen molar-refractivity contribution in [3.05, 3.63) is 29.8 Å². The number of hydrogen-bond donors (Lipinski definition) is 1. The highest BCUT2D eigenvalue weighted by atomic mass is 16.5. The van der Waals surface area contributed by atoms with Crippen LogP contribution in [0.3, 0.4) is 0 Å². The first-order chi connectivity index (χ1) is 12.1. The minimum Gasteiger partial charge on any atom is -0.497 e. The van der Waals surface area contributed by atoms with Crippen molar-refractivity contribution in [1.29, 1.82) is 0 Å². The Morgan fingerprint density at radius 3 is 2.44 bits per heavy atom. The topological polar surface area (TPSA) is 58.6 Å². The Kier molecular flexibility index (Phi) is 7.92. The molecule has 1 aliphatic heterocycles. The van der Waals surface area contributed by atoms with Gasteiger partial charge in [0.25, 0.3) is 0 Å². The van der Waals surface area contributed by atoms with E-state index in [-0.39, 0.29) is 11.7 Å². The number of amides is 1. The Morgan fingerprint density at radius 1 is 1.16 bits per heavy atom. The summed E-state index contributed by atoms with van der Waals surface area (Å²) in [6.45, 7) is 5.87. The van der Waals surface area contributed by atoms with Crippen LogP contribution in [0.4, 0.5) is 0 Å². The molecule has 25 heavy (non-hydrogen) atoms. The van der Waals surface area contributed by atoms with E-state index >= 15 is 0 Å². The van der Waals surface area contributed by atoms with E-state index in [1.54, 1.807) is 31.4 Å². The van der Waals surface area contributed by atoms with Gasteiger partial charge in [0, 0.05) is 31.5 Å². The molecule has 0 bridgehead atoms. The normalized spacial score (nSPS) is 15.2. The number of hydrogen-bond acceptors (Lipinski definition) is 4. The van der Waals surface area contributed by atoms with Crippen molar-refractivity contribution in [2.45, 2.75) is 39.0 Å². The van der Waals surface area contributed by atoms with E-state index in [1.807, 2.05) is 4.90 Å². The lowest BCUT2D eigenvalue weighted by molar-refractivity contribution is -0.132. The molecule has 1 aliphatic rings. The van der Waals surface area contributed by atoms with Crippen molar-refractivity contribution >= 4 is 11.7 Å². The van der Waals surface area contributed by atoms with E-state index in [9.17, 15) is 9.59 Å². The van der Waals surface area contributed by atoms with Crippen LogP contribution < -0.4 is 10.1 Å². The maximum absolute atomic E-state index is 12.3. The average molecular weight is 346 g/mol. The predicted molar refractivity (Wildman–Crippen MR) is 99.0 cm³/mol. The lowest BCUT2D eigenvalue weighted by atomic mass is 9.96. The van der Waals surface area contributed by atoms with Gasteiger partial charge in [0.15, 0.2) is 5.78 Å². The number of benzene rings is 1. The Morgan fingerprint density at radius 2 is 1.84 bits per heavy atom. The molecule has 1 aromatic rings. The number of methoxy groups -OCH3 is 1. The second kappa shape index (κ2) is 10.2. The highest BCUT2D eigenvalue weighted by Gasteiger charge is 2.22. The van der Waals surface area contributed by atoms with Crippen molar-refractivity contribution in [1.82, 2.24) is 10.2 Å². The fourth-order valence-corrected chi connectivity index (χ4v) is 3.21. The molecule has 1 aromatic carbocycles. The fraction of sp³-hybridized carbons (Fsp3) is 0.600. The highest BCUT2D eigenvalue weighted by molar-refractivity contribution is 5.96. The molecule has 0 aromatic heterocycles. The molecule has 0 saturated carbocycles. The SMILES string of the molecule is CCNCC1CCN(C(=O)CCCC(=O)c2ccc(OC)cc2)CC1. The molecule has 1 N–H and O–H groups in total. The highest BCUT2D eigenvalue weighted by Crippen LogP contribution is 2.18. The second-order valence-corrected chi connectivity index (χ2v) is 6.64. The number of likely N-dealkylation sites (tertiary alicyclic amines) is 1. The first kappa shape index (κ1) is 19.4. The number of piperidine rings is 1. The lowest BCUT2D eigenvalue weighted by Crippen LogP contribution is -2.40. The summed E-state index contributed by atoms with van der Waals surface area (Å²) in [5.74, 6) is 1.69. The molecule has 138 valence electrons. The van der Waals surface area contributed by atoms with Gasteiger partial charge in [-0.25, -0.2) is 0 Å². The van der Waals surface area contributed by atoms with Gasteiger partial charge in [-0.15, -0.1) is 0 Å². The van der Waals surface area contributed by atoms with Crippen LogP contribution in [0.5, 0.6) is 5.75 Å². The molecular weight excluding hydrogens is 316 g/mol. The standard InChI is InChI=1S/C20H30N2O3/c1-3-21-15-16-11-13-22(14-12-16)20(24)6-4-5-19(23)17-7-9-18(25-2)10-8-17/h7-10,16,21H,3-6,11-15H2,1-2H3. The van der Waals surface area contributed by atoms with Crippen LogP contribution in [0.25, 0.3) is 0 Å². The van der Waals surface area contributed by atoms with Crippen molar-refractivity contribution in [2.24, 2.45) is 5.92 Å². The fourth-order valence-electron chi connectivity index (χ4n) is 3.21. The monoisotopic (exact) mass is 346 g/mol. The van der Waals surface area contributed by atoms with Gasteiger partial charge in [0.1, 0.15) is 5.75 Å². The van der Waals surface area contributed by atoms with Crippen LogP contribution in [0, 0.1) is 5.92 Å². The minimum absolute atomic E-state index is 0.0831. The van der Waals surface area contributed by atoms with Gasteiger partial charge in [0.2, 0.25) is 5.91 Å². The summed E-state index contributed by atoms with van der Waals surface area (Å²) in [4.78, 5) is 26.4. The van der Waals surface area contributed by atoms with Crippen molar-refractivity contribution in [3.63, 3.8) is 0 Å². The Bertz CT molecular complexity index is 549. The largest absolute Gasteiger partial charge is 0.497 e. The smallest absolute Gasteiger partial charge is 0.222 e. The second-order valence-electron chi connectivity index (χ2n) is 6.64. The molecule has 5 nitrogen and oxygen atoms in total. The third-order valence-corrected chi connectivity index (χ3v) is 4.86. The van der Waals surface area contributed by atoms with Crippen LogP contribution in [-0.4, -0.2) is 49.9 Å². The van der Waals surface area contributed by atoms with Gasteiger partial charge in [-0.2, -0.15) is 0 Å². The molecule has 0 spiro atoms. The van der Waals surface area contributed by atoms with Gasteiger partial charge in [-0.05, 0) is 62.5 Å². The zero-order valence-electron chi connectivity index (χ0n) is 15.4. The molecule has 0 unspecified atom stereocenters. The molecule has 0 atom stereocenters. The first-order valence-electron chi connectivity index (χ1n) is 9.29. The zero-order valence-corrected chi connectivity index (χ0v) is 15.4. The van der Waals surface area contributed by atoms with Gasteiger partial charge >= 0.3 is 0 Å². The summed E-state index contributed by atoms with van der Waals surface area (Å²) in [6.07, 6.45) is 3.63. The van der Waals surface area contributed by atoms with Crippen LogP contribution in [-0.2, 0) is 4.79 Å². The number of nitrogens with one attached hydrogen (secondary N) is 1. The van der Waals surface area contributed by atoms with Gasteiger partial charge in [-0.3, -0.25) is 9.59 Å². The van der Waals surface area contributed by atoms with Crippen LogP contribution in [0.2, 0.25) is 0 Å². The number of carbonyl (C=O) groups is 2. The number of nitrogens with zero attached hydrogens (tertiary/aromatic N) is 1. The summed E-state index contributed by atoms with van der Waals surface area (Å²) in [7, 11) is 1.60. The number of Topliss-reactive ketones (excluding diaryl/α,β-unsaturated/α-hetero) is 1. The van der Waals surface area contributed by atoms with E-state index in [4.69, 9.17) is 4.74 Å². The Hall–Kier alpha value is -1.88. The summed E-state index contributed by atoms with van der Waals surface area (Å²) in [6, 6.07) is 7.13. The summed E-state index contributed by atoms with van der Waals surface area (Å²) < 4.78 is 5.09. The summed E-state index contributed by atoms with van der Waals surface area (Å²) in [5.41, 5.74) is 0.678. The Labute approximate surface area is 150 Å². The quantitative estimate of drug-likeness (QED) is 0.699. The third kappa shape index (κ3) is 6.16. The lowest BCUT2D eigenvalue weighted by Gasteiger charge is -2.32. The molecule has 0 aliphatic carbocycles. The van der Waals surface area contributed by atoms with E-state index in [0.29, 0.717) is 30.7 Å². The molecule has 2 rings (SSSR count). The molecule has 1 saturated heterocycles. The maximum atomic E-state index is 12.3. The van der Waals surface area contributed by atoms with Crippen LogP contribution >= 0.6 is 0 Å². The number of ether oxygens (including phenoxy) is 1. The molecule has 1 amide bonds. The van der Waals surface area contributed by atoms with E-state index in [0.717, 1.165) is 44.8 Å². The van der Waals surface area contributed by atoms with E-state index in [2.05, 4.69) is 12.2 Å². The summed E-state index contributed by atoms with van der Waals surface area (Å²) >= 11 is 0. The van der Waals surface area contributed by atoms with Gasteiger partial charge in [-0.1, -0.05) is 6.92 Å². The van der Waals surface area contributed by atoms with Gasteiger partial charge in [0.05, 0.1) is 7.11 Å². The van der Waals surface area contributed by atoms with E-state index < -0.39 is 0 Å². The van der Waals surface area contributed by atoms with Crippen LogP contribution in [0.15, 0.2) is 24.3 Å². The molecule has 1 fully saturated rings. The molecule has 5 heteroatoms. The predicted octanol–water partition coefficient (Wildman–Crippen LogP) is 2.90. The Balaban J connectivity index is 1.67. The van der Waals surface area contributed by atoms with Crippen molar-refractivity contribution in [3.8, 4) is 5.75 Å². The molecule has 1 heterocycles. The molecule has 0 radical (unpaired) electrons. The number of rotatable bonds is 9. The van der Waals surface area contributed by atoms with Crippen LogP contribution in [0.1, 0.15) is 49.4 Å². The van der Waals surface area contributed by atoms with Gasteiger partial charge < -0.3 is 15.0 Å².